The molecule has 0 fully saturated rings. The number of anilines is 1. The second kappa shape index (κ2) is 22.5. The normalized spacial score (nSPS) is 14.0. The van der Waals surface area contributed by atoms with Crippen LogP contribution in [0.1, 0.15) is 75.6 Å². The summed E-state index contributed by atoms with van der Waals surface area (Å²) in [5, 5.41) is 45.8. The van der Waals surface area contributed by atoms with Crippen LogP contribution in [0.5, 0.6) is 5.75 Å². The fraction of sp³-hybridized carbons (Fsp3) is 0.543. The van der Waals surface area contributed by atoms with Gasteiger partial charge in [-0.2, -0.15) is 0 Å². The van der Waals surface area contributed by atoms with Gasteiger partial charge in [0.05, 0.1) is 12.0 Å². The number of aliphatic hydroxyl groups is 3. The van der Waals surface area contributed by atoms with Crippen molar-refractivity contribution in [1.29, 1.82) is 0 Å². The topological polar surface area (TPSA) is 195 Å². The van der Waals surface area contributed by atoms with Crippen molar-refractivity contribution in [3.63, 3.8) is 0 Å². The first-order valence-electron chi connectivity index (χ1n) is 18.5. The quantitative estimate of drug-likeness (QED) is 0.0365. The number of nitrogens with one attached hydrogen (secondary N) is 2. The van der Waals surface area contributed by atoms with Crippen LogP contribution in [0.3, 0.4) is 0 Å². The van der Waals surface area contributed by atoms with Gasteiger partial charge in [0.25, 0.3) is 0 Å². The number of carboxylic acid groups (broad SMARTS) is 1. The number of aliphatic carboxylic acids is 1. The molecule has 0 saturated heterocycles. The van der Waals surface area contributed by atoms with Crippen LogP contribution in [0.4, 0.5) is 5.69 Å². The molecule has 53 heavy (non-hydrogen) atoms. The Balaban J connectivity index is 1.84. The Morgan fingerprint density at radius 1 is 0.774 bits per heavy atom. The summed E-state index contributed by atoms with van der Waals surface area (Å²) in [5.74, 6) is -2.76. The van der Waals surface area contributed by atoms with E-state index in [1.807, 2.05) is 22.6 Å². The predicted molar refractivity (Wildman–Crippen MR) is 220 cm³/mol. The molecular weight excluding hydrogens is 676 g/mol. The monoisotopic (exact) mass is 733 g/mol. The molecule has 286 valence electrons. The van der Waals surface area contributed by atoms with Gasteiger partial charge in [0.2, 0.25) is 24.0 Å². The smallest absolute Gasteiger partial charge is 0.308 e. The summed E-state index contributed by atoms with van der Waals surface area (Å²) in [6.07, 6.45) is -1.22. The van der Waals surface area contributed by atoms with Crippen LogP contribution in [0.2, 0.25) is 0 Å². The van der Waals surface area contributed by atoms with Gasteiger partial charge in [-0.1, -0.05) is 37.1 Å². The molecule has 0 spiro atoms. The van der Waals surface area contributed by atoms with Crippen molar-refractivity contribution in [2.24, 2.45) is 5.92 Å². The number of carboxylic acids is 1. The van der Waals surface area contributed by atoms with Crippen LogP contribution in [-0.2, 0) is 19.1 Å². The molecule has 5 atom stereocenters. The molecule has 0 heterocycles. The third-order valence-electron chi connectivity index (χ3n) is 10.1. The van der Waals surface area contributed by atoms with E-state index in [0.29, 0.717) is 25.2 Å². The third kappa shape index (κ3) is 13.6. The van der Waals surface area contributed by atoms with Gasteiger partial charge in [-0.25, -0.2) is 0 Å². The Hall–Kier alpha value is -3.72. The zero-order chi connectivity index (χ0) is 39.8. The number of carbonyl (C=O) groups is 4. The van der Waals surface area contributed by atoms with Crippen molar-refractivity contribution in [3.8, 4) is 5.75 Å². The van der Waals surface area contributed by atoms with E-state index in [1.54, 1.807) is 17.0 Å². The number of aliphatic hydroxyl groups excluding tert-OH is 3. The first kappa shape index (κ1) is 45.4. The minimum absolute atomic E-state index is 0.0211. The Morgan fingerprint density at radius 2 is 1.36 bits per heavy atom. The van der Waals surface area contributed by atoms with Gasteiger partial charge in [0.15, 0.2) is 0 Å². The SMILES string of the molecule is Bc1c(B)c(B)c(C(=O)NCCCCCCN(CCC(=O)Nc2ccc(OC(OC)C(O)C(O)C(O)C(C)C(=O)O)cc2)C(=O)CCCC)c(B)c1B. The molecule has 0 aliphatic heterocycles. The molecule has 0 aliphatic carbocycles. The first-order chi connectivity index (χ1) is 25.0. The van der Waals surface area contributed by atoms with Crippen LogP contribution in [0.15, 0.2) is 24.3 Å². The number of methoxy groups -OCH3 is 1. The predicted octanol–water partition coefficient (Wildman–Crippen LogP) is -5.53. The van der Waals surface area contributed by atoms with Gasteiger partial charge >= 0.3 is 5.97 Å². The minimum atomic E-state index is -1.86. The Bertz CT molecular complexity index is 1510. The number of benzene rings is 2. The number of hydrogen-bond acceptors (Lipinski definition) is 9. The summed E-state index contributed by atoms with van der Waals surface area (Å²) in [7, 11) is 11.4. The van der Waals surface area contributed by atoms with E-state index in [4.69, 9.17) is 14.6 Å². The number of rotatable bonds is 23. The van der Waals surface area contributed by atoms with Crippen molar-refractivity contribution in [3.05, 3.63) is 29.8 Å². The van der Waals surface area contributed by atoms with E-state index >= 15 is 0 Å². The molecule has 18 heteroatoms. The molecule has 13 nitrogen and oxygen atoms in total. The maximum atomic E-state index is 13.0. The molecule has 2 rings (SSSR count). The second-order valence-corrected chi connectivity index (χ2v) is 13.8. The average Bonchev–Trinajstić information content (AvgIpc) is 3.14. The summed E-state index contributed by atoms with van der Waals surface area (Å²) in [6, 6.07) is 6.16. The summed E-state index contributed by atoms with van der Waals surface area (Å²) in [6.45, 7) is 4.62. The summed E-state index contributed by atoms with van der Waals surface area (Å²) < 4.78 is 10.7. The van der Waals surface area contributed by atoms with Crippen molar-refractivity contribution in [2.45, 2.75) is 89.8 Å². The zero-order valence-electron chi connectivity index (χ0n) is 32.7. The number of amides is 3. The lowest BCUT2D eigenvalue weighted by atomic mass is 9.60. The largest absolute Gasteiger partial charge is 0.481 e. The van der Waals surface area contributed by atoms with Crippen LogP contribution in [0.25, 0.3) is 0 Å². The molecule has 2 aromatic rings. The van der Waals surface area contributed by atoms with Crippen molar-refractivity contribution in [2.75, 3.05) is 32.1 Å². The van der Waals surface area contributed by atoms with Gasteiger partial charge in [-0.3, -0.25) is 19.2 Å². The highest BCUT2D eigenvalue weighted by Crippen LogP contribution is 2.21. The van der Waals surface area contributed by atoms with Gasteiger partial charge in [-0.15, -0.1) is 16.4 Å². The van der Waals surface area contributed by atoms with E-state index < -0.39 is 36.5 Å². The van der Waals surface area contributed by atoms with E-state index in [1.165, 1.54) is 31.6 Å². The molecule has 3 amide bonds. The molecule has 6 N–H and O–H groups in total. The molecule has 2 aromatic carbocycles. The maximum absolute atomic E-state index is 13.0. The van der Waals surface area contributed by atoms with Crippen molar-refractivity contribution >= 4 is 95.9 Å². The lowest BCUT2D eigenvalue weighted by Crippen LogP contribution is -2.58. The van der Waals surface area contributed by atoms with E-state index in [0.717, 1.165) is 65.9 Å². The van der Waals surface area contributed by atoms with Crippen LogP contribution >= 0.6 is 0 Å². The number of carbonyl (C=O) groups excluding carboxylic acids is 3. The lowest BCUT2D eigenvalue weighted by Gasteiger charge is -2.30. The molecular formula is C35H56B5N3O10. The lowest BCUT2D eigenvalue weighted by molar-refractivity contribution is -0.187. The third-order valence-corrected chi connectivity index (χ3v) is 10.1. The highest BCUT2D eigenvalue weighted by atomic mass is 16.7. The zero-order valence-corrected chi connectivity index (χ0v) is 32.7. The van der Waals surface area contributed by atoms with E-state index in [9.17, 15) is 34.5 Å². The number of hydrogen-bond donors (Lipinski definition) is 6. The van der Waals surface area contributed by atoms with Crippen LogP contribution in [0, 0.1) is 5.92 Å². The van der Waals surface area contributed by atoms with Crippen LogP contribution in [-0.4, -0.2) is 140 Å². The first-order valence-corrected chi connectivity index (χ1v) is 18.5. The highest BCUT2D eigenvalue weighted by molar-refractivity contribution is 6.68. The van der Waals surface area contributed by atoms with Gasteiger partial charge < -0.3 is 45.4 Å². The van der Waals surface area contributed by atoms with Gasteiger partial charge in [0, 0.05) is 50.8 Å². The number of nitrogens with zero attached hydrogens (tertiary/aromatic N) is 1. The Kier molecular flexibility index (Phi) is 19.3. The second-order valence-electron chi connectivity index (χ2n) is 13.8. The number of ether oxygens (including phenoxy) is 2. The summed E-state index contributed by atoms with van der Waals surface area (Å²) in [4.78, 5) is 51.7. The molecule has 0 saturated carbocycles. The molecule has 5 unspecified atom stereocenters. The fourth-order valence-electron chi connectivity index (χ4n) is 6.03. The molecule has 0 aliphatic rings. The summed E-state index contributed by atoms with van der Waals surface area (Å²) >= 11 is 0. The maximum Gasteiger partial charge on any atom is 0.308 e. The van der Waals surface area contributed by atoms with Gasteiger partial charge in [0.1, 0.15) is 57.2 Å². The Morgan fingerprint density at radius 3 is 1.92 bits per heavy atom. The summed E-state index contributed by atoms with van der Waals surface area (Å²) in [5.41, 5.74) is 6.80. The van der Waals surface area contributed by atoms with Crippen LogP contribution < -0.4 is 42.7 Å². The average molecular weight is 733 g/mol. The van der Waals surface area contributed by atoms with Crippen molar-refractivity contribution in [1.82, 2.24) is 10.2 Å². The molecule has 0 bridgehead atoms. The standard InChI is InChI=1S/C35H56B5N3O10/c1-4-5-10-23(45)43(17-9-7-6-8-16-41-33(49)24-25(36)27(38)29(40)28(39)26(24)37)18-15-22(44)42-20-11-13-21(14-12-20)53-35(52-3)32(48)31(47)30(46)19(2)34(50)51/h11-14,19,30-32,35,46-48H,4-10,15-18,36-40H2,1-3H3,(H,41,49)(H,42,44)(H,50,51). The van der Waals surface area contributed by atoms with Gasteiger partial charge in [-0.05, 0) is 50.5 Å². The Labute approximate surface area is 318 Å². The molecule has 0 aromatic heterocycles. The highest BCUT2D eigenvalue weighted by Gasteiger charge is 2.37. The van der Waals surface area contributed by atoms with Crippen molar-refractivity contribution < 1.29 is 49.1 Å². The van der Waals surface area contributed by atoms with E-state index in [2.05, 4.69) is 34.2 Å². The van der Waals surface area contributed by atoms with E-state index in [-0.39, 0.29) is 36.4 Å². The number of unbranched alkanes of at least 4 members (excludes halogenated alkanes) is 4. The molecule has 0 radical (unpaired) electrons. The fourth-order valence-corrected chi connectivity index (χ4v) is 6.03. The minimum Gasteiger partial charge on any atom is -0.481 e.